The maximum atomic E-state index is 12.6. The molecule has 2 nitrogen and oxygen atoms in total. The van der Waals surface area contributed by atoms with E-state index in [1.807, 2.05) is 0 Å². The predicted octanol–water partition coefficient (Wildman–Crippen LogP) is 2.13. The van der Waals surface area contributed by atoms with Crippen LogP contribution >= 0.6 is 31.9 Å². The van der Waals surface area contributed by atoms with Gasteiger partial charge in [-0.05, 0) is 24.3 Å². The summed E-state index contributed by atoms with van der Waals surface area (Å²) in [5.74, 6) is -4.08. The minimum atomic E-state index is -1.11. The van der Waals surface area contributed by atoms with Crippen LogP contribution in [0.25, 0.3) is 0 Å². The second kappa shape index (κ2) is 13.9. The maximum Gasteiger partial charge on any atom is 1.00 e. The Kier molecular flexibility index (Phi) is 16.5. The molecule has 0 spiro atoms. The van der Waals surface area contributed by atoms with E-state index in [0.717, 1.165) is 12.1 Å². The van der Waals surface area contributed by atoms with E-state index < -0.39 is 29.9 Å². The largest absolute Gasteiger partial charge is 1.00 e. The van der Waals surface area contributed by atoms with Gasteiger partial charge in [0, 0.05) is 22.9 Å². The minimum absolute atomic E-state index is 0. The molecule has 0 saturated heterocycles. The van der Waals surface area contributed by atoms with Crippen LogP contribution in [-0.4, -0.2) is 19.8 Å². The molecule has 0 bridgehead atoms. The average Bonchev–Trinajstić information content (AvgIpc) is 2.47. The third-order valence-corrected chi connectivity index (χ3v) is 3.30. The Hall–Kier alpha value is -0.185. The van der Waals surface area contributed by atoms with Crippen molar-refractivity contribution in [3.63, 3.8) is 0 Å². The number of benzene rings is 2. The zero-order chi connectivity index (χ0) is 16.9. The van der Waals surface area contributed by atoms with Gasteiger partial charge in [0.15, 0.2) is 29.6 Å². The molecule has 1 N–H and O–H groups in total. The van der Waals surface area contributed by atoms with Gasteiger partial charge in [0.2, 0.25) is 0 Å². The van der Waals surface area contributed by atoms with Crippen molar-refractivity contribution < 1.29 is 58.4 Å². The van der Waals surface area contributed by atoms with Gasteiger partial charge in [-0.25, -0.2) is 17.6 Å². The molecule has 0 atom stereocenters. The topological polar surface area (TPSA) is 37.3 Å². The van der Waals surface area contributed by atoms with E-state index in [1.54, 1.807) is 0 Å². The number of hydrogen-bond donors (Lipinski definition) is 1. The van der Waals surface area contributed by atoms with Crippen molar-refractivity contribution in [2.24, 2.45) is 0 Å². The molecule has 2 aromatic rings. The molecule has 0 aromatic heterocycles. The molecule has 0 fully saturated rings. The van der Waals surface area contributed by atoms with Crippen LogP contribution in [0.5, 0.6) is 0 Å². The van der Waals surface area contributed by atoms with E-state index in [2.05, 4.69) is 31.9 Å². The van der Waals surface area contributed by atoms with Crippen LogP contribution in [0.4, 0.5) is 17.6 Å². The Morgan fingerprint density at radius 3 is 1.84 bits per heavy atom. The second-order valence-electron chi connectivity index (χ2n) is 3.93. The van der Waals surface area contributed by atoms with Crippen molar-refractivity contribution in [3.05, 3.63) is 67.6 Å². The normalized spacial score (nSPS) is 8.76. The van der Waals surface area contributed by atoms with Crippen LogP contribution in [0.1, 0.15) is 24.8 Å². The molecule has 3 radical (unpaired) electrons. The second-order valence-corrected chi connectivity index (χ2v) is 5.76. The first-order valence-corrected chi connectivity index (χ1v) is 7.22. The molecule has 25 heavy (non-hydrogen) atoms. The van der Waals surface area contributed by atoms with Gasteiger partial charge in [0.1, 0.15) is 0 Å². The Morgan fingerprint density at radius 1 is 0.960 bits per heavy atom. The van der Waals surface area contributed by atoms with Crippen molar-refractivity contribution in [3.8, 4) is 0 Å². The quantitative estimate of drug-likeness (QED) is 0.301. The Balaban J connectivity index is -0.000000161. The van der Waals surface area contributed by atoms with Gasteiger partial charge >= 0.3 is 29.6 Å². The molecule has 2 aromatic carbocycles. The van der Waals surface area contributed by atoms with E-state index in [-0.39, 0.29) is 64.2 Å². The van der Waals surface area contributed by atoms with Gasteiger partial charge in [-0.15, -0.1) is 0 Å². The molecule has 0 saturated carbocycles. The number of rotatable bonds is 2. The Bertz CT molecular complexity index is 712. The molecule has 0 aliphatic rings. The Labute approximate surface area is 185 Å². The molecule has 2 rings (SSSR count). The van der Waals surface area contributed by atoms with Gasteiger partial charge in [0.25, 0.3) is 0 Å². The maximum absolute atomic E-state index is 12.6. The summed E-state index contributed by atoms with van der Waals surface area (Å²) in [6, 6.07) is 4.51. The molecule has 0 aliphatic heterocycles. The number of aldehydes is 1. The zero-order valence-electron chi connectivity index (χ0n) is 13.3. The number of hydrogen-bond acceptors (Lipinski definition) is 2. The Morgan fingerprint density at radius 2 is 1.40 bits per heavy atom. The van der Waals surface area contributed by atoms with E-state index in [0.29, 0.717) is 8.95 Å². The third-order valence-electron chi connectivity index (χ3n) is 2.39. The summed E-state index contributed by atoms with van der Waals surface area (Å²) in [5, 5.41) is 8.54. The summed E-state index contributed by atoms with van der Waals surface area (Å²) in [7, 11) is 0. The van der Waals surface area contributed by atoms with Crippen LogP contribution in [-0.2, 0) is 6.61 Å². The van der Waals surface area contributed by atoms with Crippen molar-refractivity contribution >= 4 is 46.6 Å². The van der Waals surface area contributed by atoms with Crippen LogP contribution in [0.3, 0.4) is 0 Å². The number of aliphatic hydroxyl groups is 1. The first-order valence-electron chi connectivity index (χ1n) is 5.64. The van der Waals surface area contributed by atoms with Crippen LogP contribution < -0.4 is 29.6 Å². The van der Waals surface area contributed by atoms with Gasteiger partial charge in [-0.1, -0.05) is 39.3 Å². The third kappa shape index (κ3) is 8.84. The molecule has 0 amide bonds. The van der Waals surface area contributed by atoms with Crippen LogP contribution in [0.15, 0.2) is 33.2 Å². The van der Waals surface area contributed by atoms with Gasteiger partial charge in [0.05, 0.1) is 12.2 Å². The molecule has 131 valence electrons. The first-order chi connectivity index (χ1) is 10.3. The number of halogens is 6. The smallest absolute Gasteiger partial charge is 1.00 e. The number of carbonyl (C=O) groups is 1. The summed E-state index contributed by atoms with van der Waals surface area (Å²) in [6.07, 6.45) is 0.267. The zero-order valence-corrected chi connectivity index (χ0v) is 17.5. The molecule has 0 aliphatic carbocycles. The minimum Gasteiger partial charge on any atom is -1.00 e. The summed E-state index contributed by atoms with van der Waals surface area (Å²) >= 11 is 5.89. The van der Waals surface area contributed by atoms with Gasteiger partial charge in [-0.3, -0.25) is 4.79 Å². The van der Waals surface area contributed by atoms with Crippen molar-refractivity contribution in [2.45, 2.75) is 14.0 Å². The fourth-order valence-corrected chi connectivity index (χ4v) is 2.31. The summed E-state index contributed by atoms with van der Waals surface area (Å²) in [4.78, 5) is 10.1. The standard InChI is InChI=1S/C7H5BrF2O.C7H3BrF2O.CH4.B.Na.H/c2*8-5-1-4(3-11)7(10)6(9)2-5;;;;/h1-2,11H,3H2;1-3H;1H4;;;/q;;;;+1;-1. The van der Waals surface area contributed by atoms with Crippen molar-refractivity contribution in [2.75, 3.05) is 0 Å². The first kappa shape index (κ1) is 29.6. The molecule has 0 heterocycles. The van der Waals surface area contributed by atoms with E-state index >= 15 is 0 Å². The van der Waals surface area contributed by atoms with E-state index in [9.17, 15) is 22.4 Å². The number of aliphatic hydroxyl groups excluding tert-OH is 1. The molecule has 0 unspecified atom stereocenters. The molecular weight excluding hydrogens is 482 g/mol. The fraction of sp³-hybridized carbons (Fsp3) is 0.133. The van der Waals surface area contributed by atoms with Crippen LogP contribution in [0, 0.1) is 23.3 Å². The van der Waals surface area contributed by atoms with Crippen molar-refractivity contribution in [1.82, 2.24) is 0 Å². The van der Waals surface area contributed by atoms with E-state index in [4.69, 9.17) is 5.11 Å². The summed E-state index contributed by atoms with van der Waals surface area (Å²) < 4.78 is 50.9. The molecule has 10 heteroatoms. The number of carbonyl (C=O) groups excluding carboxylic acids is 1. The van der Waals surface area contributed by atoms with Gasteiger partial charge < -0.3 is 6.53 Å². The van der Waals surface area contributed by atoms with Gasteiger partial charge in [-0.2, -0.15) is 0 Å². The fourth-order valence-electron chi connectivity index (χ4n) is 1.39. The average molecular weight is 495 g/mol. The van der Waals surface area contributed by atoms with E-state index in [1.165, 1.54) is 12.1 Å². The van der Waals surface area contributed by atoms with Crippen LogP contribution in [0.2, 0.25) is 0 Å². The summed E-state index contributed by atoms with van der Waals surface area (Å²) in [6.45, 7) is -0.498. The SMILES string of the molecule is C.O=Cc1cc(Br)cc(F)c1F.OCc1cc(Br)cc(F)c1F.[B].[H-].[Na+]. The van der Waals surface area contributed by atoms with Crippen molar-refractivity contribution in [1.29, 1.82) is 0 Å². The molecular formula is C15H13BBr2F4NaO2. The monoisotopic (exact) mass is 493 g/mol. The summed E-state index contributed by atoms with van der Waals surface area (Å²) in [5.41, 5.74) is -0.325. The predicted molar refractivity (Wildman–Crippen MR) is 93.0 cm³/mol.